The molecule has 1 unspecified atom stereocenters. The molecule has 2 fully saturated rings. The van der Waals surface area contributed by atoms with Crippen molar-refractivity contribution in [2.24, 2.45) is 0 Å². The molecule has 2 aliphatic rings. The van der Waals surface area contributed by atoms with Crippen molar-refractivity contribution >= 4 is 17.8 Å². The van der Waals surface area contributed by atoms with Crippen LogP contribution >= 0.6 is 0 Å². The molecule has 0 aliphatic carbocycles. The van der Waals surface area contributed by atoms with E-state index < -0.39 is 17.5 Å². The van der Waals surface area contributed by atoms with Gasteiger partial charge in [0.15, 0.2) is 0 Å². The summed E-state index contributed by atoms with van der Waals surface area (Å²) in [6, 6.07) is 6.31. The van der Waals surface area contributed by atoms with Gasteiger partial charge in [-0.3, -0.25) is 19.9 Å². The molecule has 4 amide bonds. The molecule has 3 rings (SSSR count). The van der Waals surface area contributed by atoms with Crippen LogP contribution in [-0.2, 0) is 15.1 Å². The molecule has 2 saturated heterocycles. The summed E-state index contributed by atoms with van der Waals surface area (Å²) in [6.45, 7) is 3.50. The van der Waals surface area contributed by atoms with Gasteiger partial charge in [-0.15, -0.1) is 0 Å². The van der Waals surface area contributed by atoms with E-state index in [1.807, 2.05) is 0 Å². The summed E-state index contributed by atoms with van der Waals surface area (Å²) in [7, 11) is 1.54. The minimum atomic E-state index is -1.26. The van der Waals surface area contributed by atoms with Crippen molar-refractivity contribution in [2.45, 2.75) is 44.6 Å². The predicted molar refractivity (Wildman–Crippen MR) is 103 cm³/mol. The van der Waals surface area contributed by atoms with Crippen molar-refractivity contribution in [3.05, 3.63) is 29.8 Å². The molecule has 2 N–H and O–H groups in total. The van der Waals surface area contributed by atoms with E-state index in [0.717, 1.165) is 30.9 Å². The average molecular weight is 388 g/mol. The van der Waals surface area contributed by atoms with Crippen molar-refractivity contribution < 1.29 is 19.1 Å². The van der Waals surface area contributed by atoms with Crippen LogP contribution in [0.4, 0.5) is 4.79 Å². The molecule has 1 atom stereocenters. The predicted octanol–water partition coefficient (Wildman–Crippen LogP) is 1.76. The van der Waals surface area contributed by atoms with Crippen LogP contribution in [0.5, 0.6) is 5.75 Å². The van der Waals surface area contributed by atoms with E-state index in [2.05, 4.69) is 15.6 Å². The Morgan fingerprint density at radius 2 is 1.86 bits per heavy atom. The number of likely N-dealkylation sites (tertiary alicyclic amines) is 1. The van der Waals surface area contributed by atoms with Gasteiger partial charge in [0.2, 0.25) is 0 Å². The maximum atomic E-state index is 12.9. The van der Waals surface area contributed by atoms with Crippen LogP contribution in [0.3, 0.4) is 0 Å². The van der Waals surface area contributed by atoms with Crippen LogP contribution in [-0.4, -0.2) is 54.5 Å². The molecule has 0 aromatic heterocycles. The van der Waals surface area contributed by atoms with Gasteiger partial charge in [0.1, 0.15) is 11.3 Å². The number of carbonyl (C=O) groups is 3. The standard InChI is InChI=1S/C20H28N4O4/c1-20(15-9-8-10-16(13-15)28-2)18(26)24(19(27)21-20)22-17(25)14-23-11-6-4-3-5-7-12-23/h8-10,13H,3-7,11-12,14H2,1-2H3,(H,21,27)(H,22,25). The highest BCUT2D eigenvalue weighted by molar-refractivity contribution is 6.08. The van der Waals surface area contributed by atoms with E-state index in [0.29, 0.717) is 11.3 Å². The molecular formula is C20H28N4O4. The maximum absolute atomic E-state index is 12.9. The number of hydrogen-bond acceptors (Lipinski definition) is 5. The third kappa shape index (κ3) is 4.27. The Hall–Kier alpha value is -2.61. The lowest BCUT2D eigenvalue weighted by Gasteiger charge is -2.25. The van der Waals surface area contributed by atoms with Gasteiger partial charge in [-0.2, -0.15) is 5.01 Å². The van der Waals surface area contributed by atoms with E-state index in [9.17, 15) is 14.4 Å². The first-order valence-corrected chi connectivity index (χ1v) is 9.77. The van der Waals surface area contributed by atoms with E-state index in [1.165, 1.54) is 26.4 Å². The molecule has 1 aromatic rings. The van der Waals surface area contributed by atoms with Gasteiger partial charge < -0.3 is 10.1 Å². The number of rotatable bonds is 5. The molecule has 2 heterocycles. The summed E-state index contributed by atoms with van der Waals surface area (Å²) in [6.07, 6.45) is 5.70. The van der Waals surface area contributed by atoms with Gasteiger partial charge in [0.25, 0.3) is 11.8 Å². The van der Waals surface area contributed by atoms with Crippen molar-refractivity contribution in [3.8, 4) is 5.75 Å². The summed E-state index contributed by atoms with van der Waals surface area (Å²) in [5.41, 5.74) is 1.80. The zero-order valence-corrected chi connectivity index (χ0v) is 16.5. The Morgan fingerprint density at radius 3 is 2.54 bits per heavy atom. The normalized spacial score (nSPS) is 23.7. The van der Waals surface area contributed by atoms with Gasteiger partial charge in [0, 0.05) is 0 Å². The summed E-state index contributed by atoms with van der Waals surface area (Å²) in [5, 5.41) is 3.46. The smallest absolute Gasteiger partial charge is 0.344 e. The van der Waals surface area contributed by atoms with Crippen LogP contribution in [0.25, 0.3) is 0 Å². The van der Waals surface area contributed by atoms with Crippen molar-refractivity contribution in [3.63, 3.8) is 0 Å². The number of methoxy groups -OCH3 is 1. The molecule has 1 aromatic carbocycles. The summed E-state index contributed by atoms with van der Waals surface area (Å²) in [4.78, 5) is 39.9. The van der Waals surface area contributed by atoms with Crippen LogP contribution in [0.15, 0.2) is 24.3 Å². The largest absolute Gasteiger partial charge is 0.497 e. The minimum Gasteiger partial charge on any atom is -0.497 e. The van der Waals surface area contributed by atoms with Gasteiger partial charge in [0.05, 0.1) is 13.7 Å². The lowest BCUT2D eigenvalue weighted by atomic mass is 9.92. The SMILES string of the molecule is COc1cccc(C2(C)NC(=O)N(NC(=O)CN3CCCCCCC3)C2=O)c1. The number of nitrogens with one attached hydrogen (secondary N) is 2. The monoisotopic (exact) mass is 388 g/mol. The number of benzene rings is 1. The van der Waals surface area contributed by atoms with Crippen LogP contribution in [0.2, 0.25) is 0 Å². The maximum Gasteiger partial charge on any atom is 0.344 e. The van der Waals surface area contributed by atoms with Crippen LogP contribution < -0.4 is 15.5 Å². The highest BCUT2D eigenvalue weighted by Crippen LogP contribution is 2.30. The summed E-state index contributed by atoms with van der Waals surface area (Å²) >= 11 is 0. The van der Waals surface area contributed by atoms with E-state index >= 15 is 0 Å². The van der Waals surface area contributed by atoms with Crippen molar-refractivity contribution in [2.75, 3.05) is 26.7 Å². The molecule has 0 saturated carbocycles. The fourth-order valence-corrected chi connectivity index (χ4v) is 3.70. The number of urea groups is 1. The molecule has 8 nitrogen and oxygen atoms in total. The number of hydrazine groups is 1. The topological polar surface area (TPSA) is 91.0 Å². The Bertz CT molecular complexity index is 745. The number of nitrogens with zero attached hydrogens (tertiary/aromatic N) is 2. The number of imide groups is 1. The van der Waals surface area contributed by atoms with Crippen molar-refractivity contribution in [1.82, 2.24) is 20.7 Å². The first-order chi connectivity index (χ1) is 13.4. The Morgan fingerprint density at radius 1 is 1.18 bits per heavy atom. The number of ether oxygens (including phenoxy) is 1. The van der Waals surface area contributed by atoms with Crippen molar-refractivity contribution in [1.29, 1.82) is 0 Å². The number of carbonyl (C=O) groups excluding carboxylic acids is 3. The van der Waals surface area contributed by atoms with Gasteiger partial charge in [-0.05, 0) is 50.6 Å². The molecule has 0 spiro atoms. The fourth-order valence-electron chi connectivity index (χ4n) is 3.70. The Kier molecular flexibility index (Phi) is 6.18. The second-order valence-corrected chi connectivity index (χ2v) is 7.51. The molecule has 28 heavy (non-hydrogen) atoms. The lowest BCUT2D eigenvalue weighted by Crippen LogP contribution is -2.51. The number of hydrogen-bond donors (Lipinski definition) is 2. The highest BCUT2D eigenvalue weighted by atomic mass is 16.5. The Balaban J connectivity index is 1.66. The van der Waals surface area contributed by atoms with Gasteiger partial charge in [-0.1, -0.05) is 31.4 Å². The first kappa shape index (κ1) is 20.1. The molecule has 152 valence electrons. The van der Waals surface area contributed by atoms with E-state index in [-0.39, 0.29) is 12.5 Å². The molecule has 0 bridgehead atoms. The lowest BCUT2D eigenvalue weighted by molar-refractivity contribution is -0.139. The second kappa shape index (κ2) is 8.60. The first-order valence-electron chi connectivity index (χ1n) is 9.77. The number of amides is 4. The molecule has 2 aliphatic heterocycles. The Labute approximate surface area is 165 Å². The average Bonchev–Trinajstić information content (AvgIpc) is 2.88. The summed E-state index contributed by atoms with van der Waals surface area (Å²) in [5.74, 6) is -0.300. The third-order valence-corrected chi connectivity index (χ3v) is 5.39. The minimum absolute atomic E-state index is 0.174. The zero-order chi connectivity index (χ0) is 20.1. The molecule has 8 heteroatoms. The van der Waals surface area contributed by atoms with Crippen LogP contribution in [0.1, 0.15) is 44.6 Å². The summed E-state index contributed by atoms with van der Waals surface area (Å²) < 4.78 is 5.20. The fraction of sp³-hybridized carbons (Fsp3) is 0.550. The third-order valence-electron chi connectivity index (χ3n) is 5.39. The zero-order valence-electron chi connectivity index (χ0n) is 16.5. The highest BCUT2D eigenvalue weighted by Gasteiger charge is 2.50. The molecule has 0 radical (unpaired) electrons. The van der Waals surface area contributed by atoms with Crippen LogP contribution in [0, 0.1) is 0 Å². The second-order valence-electron chi connectivity index (χ2n) is 7.51. The van der Waals surface area contributed by atoms with E-state index in [4.69, 9.17) is 4.74 Å². The van der Waals surface area contributed by atoms with Gasteiger partial charge in [-0.25, -0.2) is 4.79 Å². The quantitative estimate of drug-likeness (QED) is 0.750. The van der Waals surface area contributed by atoms with E-state index in [1.54, 1.807) is 31.2 Å². The molecular weight excluding hydrogens is 360 g/mol. The van der Waals surface area contributed by atoms with Gasteiger partial charge >= 0.3 is 6.03 Å².